The van der Waals surface area contributed by atoms with Gasteiger partial charge in [-0.2, -0.15) is 0 Å². The Morgan fingerprint density at radius 3 is 1.76 bits per heavy atom. The summed E-state index contributed by atoms with van der Waals surface area (Å²) in [6, 6.07) is 8.28. The normalized spacial score (nSPS) is 18.4. The SMILES string of the molecule is C.CCS(=O)(=O)Cl.CCS(=O)(=O)N1CCCC(C(=O)Nc2ccc(Cl)c(F)c2)C1.O=C(Nc1ccc(Cl)c(F)c1)C1CCCNC1. The lowest BCUT2D eigenvalue weighted by atomic mass is 9.99. The van der Waals surface area contributed by atoms with Crippen molar-refractivity contribution in [2.24, 2.45) is 11.8 Å². The van der Waals surface area contributed by atoms with Crippen molar-refractivity contribution < 1.29 is 35.2 Å². The van der Waals surface area contributed by atoms with Gasteiger partial charge < -0.3 is 16.0 Å². The Bertz CT molecular complexity index is 1530. The number of hydrogen-bond acceptors (Lipinski definition) is 7. The van der Waals surface area contributed by atoms with Gasteiger partial charge in [-0.05, 0) is 75.5 Å². The van der Waals surface area contributed by atoms with Crippen LogP contribution in [0.4, 0.5) is 20.2 Å². The van der Waals surface area contributed by atoms with Crippen molar-refractivity contribution >= 4 is 76.1 Å². The molecule has 260 valence electrons. The van der Waals surface area contributed by atoms with Gasteiger partial charge in [0, 0.05) is 41.7 Å². The van der Waals surface area contributed by atoms with Gasteiger partial charge in [-0.1, -0.05) is 37.6 Å². The van der Waals surface area contributed by atoms with Crippen molar-refractivity contribution in [3.8, 4) is 0 Å². The number of piperidine rings is 2. The second-order valence-electron chi connectivity index (χ2n) is 10.2. The predicted molar refractivity (Wildman–Crippen MR) is 181 cm³/mol. The molecule has 0 radical (unpaired) electrons. The van der Waals surface area contributed by atoms with E-state index in [2.05, 4.69) is 26.6 Å². The van der Waals surface area contributed by atoms with Crippen LogP contribution in [0.1, 0.15) is 47.0 Å². The molecule has 0 spiro atoms. The minimum absolute atomic E-state index is 0. The van der Waals surface area contributed by atoms with Gasteiger partial charge in [0.15, 0.2) is 0 Å². The molecule has 2 fully saturated rings. The fourth-order valence-electron chi connectivity index (χ4n) is 4.30. The summed E-state index contributed by atoms with van der Waals surface area (Å²) in [7, 11) is -1.80. The zero-order valence-corrected chi connectivity index (χ0v) is 28.7. The minimum Gasteiger partial charge on any atom is -0.326 e. The Morgan fingerprint density at radius 2 is 1.35 bits per heavy atom. The van der Waals surface area contributed by atoms with E-state index in [1.165, 1.54) is 35.5 Å². The van der Waals surface area contributed by atoms with E-state index in [-0.39, 0.29) is 53.3 Å². The fraction of sp³-hybridized carbons (Fsp3) is 0.517. The van der Waals surface area contributed by atoms with Crippen LogP contribution in [-0.2, 0) is 28.7 Å². The van der Waals surface area contributed by atoms with E-state index in [0.717, 1.165) is 25.5 Å². The van der Waals surface area contributed by atoms with Gasteiger partial charge in [0.2, 0.25) is 30.9 Å². The maximum atomic E-state index is 13.4. The molecule has 2 aromatic carbocycles. The van der Waals surface area contributed by atoms with Crippen LogP contribution in [0.5, 0.6) is 0 Å². The van der Waals surface area contributed by atoms with Gasteiger partial charge in [-0.15, -0.1) is 0 Å². The lowest BCUT2D eigenvalue weighted by molar-refractivity contribution is -0.121. The number of amides is 2. The highest BCUT2D eigenvalue weighted by Crippen LogP contribution is 2.24. The second-order valence-corrected chi connectivity index (χ2v) is 16.3. The van der Waals surface area contributed by atoms with E-state index in [0.29, 0.717) is 37.3 Å². The smallest absolute Gasteiger partial charge is 0.232 e. The van der Waals surface area contributed by atoms with Crippen LogP contribution in [0.15, 0.2) is 36.4 Å². The molecule has 10 nitrogen and oxygen atoms in total. The van der Waals surface area contributed by atoms with Crippen molar-refractivity contribution in [3.63, 3.8) is 0 Å². The molecule has 2 heterocycles. The first-order valence-electron chi connectivity index (χ1n) is 14.2. The predicted octanol–water partition coefficient (Wildman–Crippen LogP) is 6.11. The van der Waals surface area contributed by atoms with Crippen molar-refractivity contribution in [1.82, 2.24) is 9.62 Å². The number of halogens is 5. The number of sulfonamides is 1. The summed E-state index contributed by atoms with van der Waals surface area (Å²) in [6.45, 7) is 5.31. The topological polar surface area (TPSA) is 142 Å². The molecule has 17 heteroatoms. The molecule has 0 saturated carbocycles. The van der Waals surface area contributed by atoms with E-state index < -0.39 is 36.6 Å². The summed E-state index contributed by atoms with van der Waals surface area (Å²) in [4.78, 5) is 24.1. The van der Waals surface area contributed by atoms with Crippen LogP contribution in [0.25, 0.3) is 0 Å². The zero-order chi connectivity index (χ0) is 33.8. The molecule has 2 unspecified atom stereocenters. The van der Waals surface area contributed by atoms with E-state index >= 15 is 0 Å². The summed E-state index contributed by atoms with van der Waals surface area (Å²) in [5.74, 6) is -1.96. The Hall–Kier alpha value is -2.07. The second kappa shape index (κ2) is 19.7. The third kappa shape index (κ3) is 14.4. The Morgan fingerprint density at radius 1 is 0.870 bits per heavy atom. The maximum absolute atomic E-state index is 13.4. The molecule has 46 heavy (non-hydrogen) atoms. The van der Waals surface area contributed by atoms with Gasteiger partial charge in [0.05, 0.1) is 33.4 Å². The molecule has 0 bridgehead atoms. The lowest BCUT2D eigenvalue weighted by Crippen LogP contribution is -2.44. The first-order chi connectivity index (χ1) is 21.1. The number of nitrogens with one attached hydrogen (secondary N) is 3. The van der Waals surface area contributed by atoms with Crippen molar-refractivity contribution in [3.05, 3.63) is 58.1 Å². The molecule has 2 aromatic rings. The molecule has 2 amide bonds. The van der Waals surface area contributed by atoms with Crippen LogP contribution in [0, 0.1) is 23.5 Å². The molecular weight excluding hydrogens is 709 g/mol. The summed E-state index contributed by atoms with van der Waals surface area (Å²) >= 11 is 11.2. The largest absolute Gasteiger partial charge is 0.326 e. The summed E-state index contributed by atoms with van der Waals surface area (Å²) in [5, 5.41) is 8.52. The average molecular weight is 750 g/mol. The molecule has 2 aliphatic heterocycles. The average Bonchev–Trinajstić information content (AvgIpc) is 3.01. The number of carbonyl (C=O) groups is 2. The van der Waals surface area contributed by atoms with Gasteiger partial charge in [-0.25, -0.2) is 29.9 Å². The minimum atomic E-state index is -3.30. The monoisotopic (exact) mass is 748 g/mol. The number of carbonyl (C=O) groups excluding carboxylic acids is 2. The first-order valence-corrected chi connectivity index (χ1v) is 19.0. The van der Waals surface area contributed by atoms with Gasteiger partial charge in [0.25, 0.3) is 0 Å². The third-order valence-electron chi connectivity index (χ3n) is 6.90. The van der Waals surface area contributed by atoms with Crippen molar-refractivity contribution in [2.45, 2.75) is 47.0 Å². The Labute approximate surface area is 285 Å². The Kier molecular flexibility index (Phi) is 17.9. The van der Waals surface area contributed by atoms with Crippen LogP contribution in [0.2, 0.25) is 10.0 Å². The van der Waals surface area contributed by atoms with Gasteiger partial charge in [-0.3, -0.25) is 9.59 Å². The number of hydrogen-bond donors (Lipinski definition) is 3. The molecule has 3 N–H and O–H groups in total. The Balaban J connectivity index is 0.000000392. The van der Waals surface area contributed by atoms with Crippen molar-refractivity contribution in [2.75, 3.05) is 48.3 Å². The highest BCUT2D eigenvalue weighted by molar-refractivity contribution is 8.13. The van der Waals surface area contributed by atoms with Gasteiger partial charge in [0.1, 0.15) is 11.6 Å². The summed E-state index contributed by atoms with van der Waals surface area (Å²) in [6.07, 6.45) is 3.10. The summed E-state index contributed by atoms with van der Waals surface area (Å²) in [5.41, 5.74) is 0.754. The van der Waals surface area contributed by atoms with E-state index in [4.69, 9.17) is 23.2 Å². The van der Waals surface area contributed by atoms with E-state index in [1.807, 2.05) is 0 Å². The molecular formula is C29H41Cl3F2N4O6S2. The van der Waals surface area contributed by atoms with Crippen LogP contribution in [-0.4, -0.2) is 70.6 Å². The zero-order valence-electron chi connectivity index (χ0n) is 24.8. The molecule has 0 aromatic heterocycles. The van der Waals surface area contributed by atoms with Crippen LogP contribution >= 0.6 is 33.9 Å². The molecule has 0 aliphatic carbocycles. The number of rotatable bonds is 7. The number of nitrogens with zero attached hydrogens (tertiary/aromatic N) is 1. The molecule has 2 aliphatic rings. The molecule has 4 rings (SSSR count). The number of benzene rings is 2. The highest BCUT2D eigenvalue weighted by atomic mass is 35.7. The van der Waals surface area contributed by atoms with Crippen LogP contribution in [0.3, 0.4) is 0 Å². The van der Waals surface area contributed by atoms with E-state index in [9.17, 15) is 35.2 Å². The third-order valence-corrected chi connectivity index (χ3v) is 10.7. The van der Waals surface area contributed by atoms with Crippen LogP contribution < -0.4 is 16.0 Å². The fourth-order valence-corrected chi connectivity index (χ4v) is 5.72. The standard InChI is InChI=1S/C14H18ClFN2O3S.C12H14ClFN2O.C2H5ClO2S.CH4/c1-2-22(20,21)18-7-3-4-10(9-18)14(19)17-11-5-6-12(15)13(16)8-11;13-10-4-3-9(6-11(10)14)16-12(17)8-2-1-5-15-7-8;1-2-6(3,4)5;/h5-6,8,10H,2-4,7,9H2,1H3,(H,17,19);3-4,6,8,15H,1-2,5,7H2,(H,16,17);2H2,1H3;1H4. The highest BCUT2D eigenvalue weighted by Gasteiger charge is 2.31. The molecule has 2 atom stereocenters. The van der Waals surface area contributed by atoms with Crippen molar-refractivity contribution in [1.29, 1.82) is 0 Å². The first kappa shape index (κ1) is 42.0. The van der Waals surface area contributed by atoms with E-state index in [1.54, 1.807) is 13.0 Å². The number of anilines is 2. The molecule has 2 saturated heterocycles. The lowest BCUT2D eigenvalue weighted by Gasteiger charge is -2.30. The maximum Gasteiger partial charge on any atom is 0.232 e. The van der Waals surface area contributed by atoms with Gasteiger partial charge >= 0.3 is 0 Å². The quantitative estimate of drug-likeness (QED) is 0.290. The summed E-state index contributed by atoms with van der Waals surface area (Å²) < 4.78 is 71.2.